The van der Waals surface area contributed by atoms with Crippen LogP contribution in [0.25, 0.3) is 0 Å². The highest BCUT2D eigenvalue weighted by Gasteiger charge is 2.21. The topological polar surface area (TPSA) is 129 Å². The molecule has 3 rings (SSSR count). The number of urea groups is 1. The Kier molecular flexibility index (Phi) is 6.40. The molecule has 2 aromatic carbocycles. The van der Waals surface area contributed by atoms with Crippen molar-refractivity contribution in [1.82, 2.24) is 10.6 Å². The molecule has 2 aromatic rings. The number of carbonyl (C=O) groups excluding carboxylic acids is 3. The smallest absolute Gasteiger partial charge is 0.338 e. The Balaban J connectivity index is 1.39. The summed E-state index contributed by atoms with van der Waals surface area (Å²) < 4.78 is 16.1. The zero-order valence-electron chi connectivity index (χ0n) is 15.1. The SMILES string of the molecule is Nc1cc(C(=O)OCC(=O)NC(=O)NCC2COc3ccccc3O2)ccc1Cl. The zero-order chi connectivity index (χ0) is 20.8. The fourth-order valence-electron chi connectivity index (χ4n) is 2.46. The monoisotopic (exact) mass is 419 g/mol. The Morgan fingerprint density at radius 3 is 2.69 bits per heavy atom. The van der Waals surface area contributed by atoms with Crippen LogP contribution >= 0.6 is 11.6 Å². The van der Waals surface area contributed by atoms with Crippen molar-refractivity contribution in [3.05, 3.63) is 53.1 Å². The normalized spacial score (nSPS) is 14.6. The fourth-order valence-corrected chi connectivity index (χ4v) is 2.58. The number of halogens is 1. The van der Waals surface area contributed by atoms with E-state index in [0.717, 1.165) is 0 Å². The molecule has 0 saturated carbocycles. The third kappa shape index (κ3) is 5.52. The number of rotatable bonds is 5. The molecule has 152 valence electrons. The van der Waals surface area contributed by atoms with Crippen molar-refractivity contribution in [1.29, 1.82) is 0 Å². The van der Waals surface area contributed by atoms with Crippen LogP contribution in [0.5, 0.6) is 11.5 Å². The molecule has 0 spiro atoms. The molecule has 4 N–H and O–H groups in total. The van der Waals surface area contributed by atoms with Crippen molar-refractivity contribution >= 4 is 35.2 Å². The molecule has 1 atom stereocenters. The molecule has 9 nitrogen and oxygen atoms in total. The van der Waals surface area contributed by atoms with Gasteiger partial charge in [0.05, 0.1) is 22.8 Å². The molecule has 0 aromatic heterocycles. The van der Waals surface area contributed by atoms with Gasteiger partial charge in [-0.25, -0.2) is 9.59 Å². The summed E-state index contributed by atoms with van der Waals surface area (Å²) in [5, 5.41) is 4.86. The van der Waals surface area contributed by atoms with Crippen molar-refractivity contribution < 1.29 is 28.6 Å². The molecule has 1 aliphatic rings. The van der Waals surface area contributed by atoms with Gasteiger partial charge in [-0.3, -0.25) is 10.1 Å². The van der Waals surface area contributed by atoms with Crippen molar-refractivity contribution in [2.24, 2.45) is 0 Å². The highest BCUT2D eigenvalue weighted by Crippen LogP contribution is 2.30. The number of esters is 1. The summed E-state index contributed by atoms with van der Waals surface area (Å²) in [6, 6.07) is 10.6. The predicted octanol–water partition coefficient (Wildman–Crippen LogP) is 1.74. The number of benzene rings is 2. The summed E-state index contributed by atoms with van der Waals surface area (Å²) in [7, 11) is 0. The van der Waals surface area contributed by atoms with Gasteiger partial charge in [0.25, 0.3) is 5.91 Å². The molecule has 1 aliphatic heterocycles. The maximum atomic E-state index is 11.9. The average Bonchev–Trinajstić information content (AvgIpc) is 2.72. The molecule has 0 aliphatic carbocycles. The summed E-state index contributed by atoms with van der Waals surface area (Å²) in [6.07, 6.45) is -0.404. The number of nitrogens with one attached hydrogen (secondary N) is 2. The minimum Gasteiger partial charge on any atom is -0.486 e. The Morgan fingerprint density at radius 1 is 1.17 bits per heavy atom. The lowest BCUT2D eigenvalue weighted by atomic mass is 10.2. The molecule has 3 amide bonds. The highest BCUT2D eigenvalue weighted by molar-refractivity contribution is 6.33. The first kappa shape index (κ1) is 20.3. The molecule has 10 heteroatoms. The van der Waals surface area contributed by atoms with Crippen LogP contribution in [0, 0.1) is 0 Å². The van der Waals surface area contributed by atoms with Crippen LogP contribution in [0.1, 0.15) is 10.4 Å². The number of para-hydroxylation sites is 2. The lowest BCUT2D eigenvalue weighted by Crippen LogP contribution is -2.46. The largest absolute Gasteiger partial charge is 0.486 e. The van der Waals surface area contributed by atoms with Crippen LogP contribution in [-0.2, 0) is 9.53 Å². The summed E-state index contributed by atoms with van der Waals surface area (Å²) in [4.78, 5) is 35.5. The van der Waals surface area contributed by atoms with Crippen LogP contribution < -0.4 is 25.8 Å². The maximum absolute atomic E-state index is 11.9. The Morgan fingerprint density at radius 2 is 1.93 bits per heavy atom. The van der Waals surface area contributed by atoms with Gasteiger partial charge >= 0.3 is 12.0 Å². The van der Waals surface area contributed by atoms with Gasteiger partial charge < -0.3 is 25.3 Å². The number of imide groups is 1. The van der Waals surface area contributed by atoms with E-state index in [1.54, 1.807) is 12.1 Å². The van der Waals surface area contributed by atoms with Crippen LogP contribution in [0.2, 0.25) is 5.02 Å². The van der Waals surface area contributed by atoms with Gasteiger partial charge in [-0.1, -0.05) is 23.7 Å². The highest BCUT2D eigenvalue weighted by atomic mass is 35.5. The van der Waals surface area contributed by atoms with E-state index in [1.165, 1.54) is 18.2 Å². The number of ether oxygens (including phenoxy) is 3. The standard InChI is InChI=1S/C19H18ClN3O6/c20-13-6-5-11(7-14(13)21)18(25)28-10-17(24)23-19(26)22-8-12-9-27-15-3-1-2-4-16(15)29-12/h1-7,12H,8-10,21H2,(H2,22,23,24,26). The Labute approximate surface area is 171 Å². The van der Waals surface area contributed by atoms with Gasteiger partial charge in [-0.2, -0.15) is 0 Å². The van der Waals surface area contributed by atoms with Crippen molar-refractivity contribution in [2.75, 3.05) is 25.5 Å². The van der Waals surface area contributed by atoms with Gasteiger partial charge in [0, 0.05) is 0 Å². The van der Waals surface area contributed by atoms with Crippen LogP contribution in [0.15, 0.2) is 42.5 Å². The first-order chi connectivity index (χ1) is 13.9. The molecule has 0 saturated heterocycles. The van der Waals surface area contributed by atoms with E-state index >= 15 is 0 Å². The lowest BCUT2D eigenvalue weighted by Gasteiger charge is -2.26. The second-order valence-electron chi connectivity index (χ2n) is 6.07. The van der Waals surface area contributed by atoms with Gasteiger partial charge in [-0.15, -0.1) is 0 Å². The Hall–Kier alpha value is -3.46. The van der Waals surface area contributed by atoms with E-state index in [-0.39, 0.29) is 24.4 Å². The van der Waals surface area contributed by atoms with E-state index in [1.807, 2.05) is 12.1 Å². The number of fused-ring (bicyclic) bond motifs is 1. The quantitative estimate of drug-likeness (QED) is 0.497. The third-order valence-electron chi connectivity index (χ3n) is 3.88. The van der Waals surface area contributed by atoms with E-state index in [4.69, 9.17) is 31.5 Å². The Bertz CT molecular complexity index is 936. The summed E-state index contributed by atoms with van der Waals surface area (Å²) in [5.41, 5.74) is 5.96. The number of amides is 3. The van der Waals surface area contributed by atoms with Crippen molar-refractivity contribution in [3.63, 3.8) is 0 Å². The molecule has 0 fully saturated rings. The van der Waals surface area contributed by atoms with Crippen molar-refractivity contribution in [3.8, 4) is 11.5 Å². The van der Waals surface area contributed by atoms with Crippen LogP contribution in [-0.4, -0.2) is 43.8 Å². The van der Waals surface area contributed by atoms with E-state index in [9.17, 15) is 14.4 Å². The first-order valence-electron chi connectivity index (χ1n) is 8.60. The van der Waals surface area contributed by atoms with Crippen LogP contribution in [0.3, 0.4) is 0 Å². The van der Waals surface area contributed by atoms with E-state index in [0.29, 0.717) is 16.5 Å². The minimum atomic E-state index is -0.788. The first-order valence-corrected chi connectivity index (χ1v) is 8.98. The van der Waals surface area contributed by atoms with E-state index in [2.05, 4.69) is 10.6 Å². The van der Waals surface area contributed by atoms with Gasteiger partial charge in [0.2, 0.25) is 0 Å². The summed E-state index contributed by atoms with van der Waals surface area (Å²) in [6.45, 7) is -0.254. The van der Waals surface area contributed by atoms with Gasteiger partial charge in [-0.05, 0) is 30.3 Å². The van der Waals surface area contributed by atoms with Gasteiger partial charge in [0.15, 0.2) is 24.2 Å². The number of nitrogen functional groups attached to an aromatic ring is 1. The summed E-state index contributed by atoms with van der Waals surface area (Å²) in [5.74, 6) is -0.344. The second-order valence-corrected chi connectivity index (χ2v) is 6.48. The predicted molar refractivity (Wildman–Crippen MR) is 104 cm³/mol. The second kappa shape index (κ2) is 9.16. The average molecular weight is 420 g/mol. The lowest BCUT2D eigenvalue weighted by molar-refractivity contribution is -0.123. The molecule has 0 bridgehead atoms. The molecular weight excluding hydrogens is 402 g/mol. The zero-order valence-corrected chi connectivity index (χ0v) is 15.9. The number of hydrogen-bond donors (Lipinski definition) is 3. The third-order valence-corrected chi connectivity index (χ3v) is 4.22. The number of carbonyl (C=O) groups is 3. The molecule has 0 radical (unpaired) electrons. The molecule has 1 heterocycles. The molecular formula is C19H18ClN3O6. The van der Waals surface area contributed by atoms with Gasteiger partial charge in [0.1, 0.15) is 6.61 Å². The minimum absolute atomic E-state index is 0.122. The number of nitrogens with two attached hydrogens (primary N) is 1. The number of hydrogen-bond acceptors (Lipinski definition) is 7. The number of anilines is 1. The molecule has 29 heavy (non-hydrogen) atoms. The maximum Gasteiger partial charge on any atom is 0.338 e. The molecule has 1 unspecified atom stereocenters. The fraction of sp³-hybridized carbons (Fsp3) is 0.211. The van der Waals surface area contributed by atoms with Crippen molar-refractivity contribution in [2.45, 2.75) is 6.10 Å². The summed E-state index contributed by atoms with van der Waals surface area (Å²) >= 11 is 5.78. The van der Waals surface area contributed by atoms with E-state index < -0.39 is 30.6 Å². The van der Waals surface area contributed by atoms with Crippen LogP contribution in [0.4, 0.5) is 10.5 Å².